The third-order valence-corrected chi connectivity index (χ3v) is 8.70. The zero-order chi connectivity index (χ0) is 23.4. The molecule has 7 nitrogen and oxygen atoms in total. The Morgan fingerprint density at radius 3 is 2.91 bits per heavy atom. The van der Waals surface area contributed by atoms with Crippen molar-refractivity contribution in [2.24, 2.45) is 0 Å². The number of aryl methyl sites for hydroxylation is 1. The predicted octanol–water partition coefficient (Wildman–Crippen LogP) is 4.58. The number of fused-ring (bicyclic) bond motifs is 1. The Morgan fingerprint density at radius 2 is 2.18 bits per heavy atom. The minimum atomic E-state index is -0.410. The molecule has 2 aliphatic rings. The lowest BCUT2D eigenvalue weighted by Crippen LogP contribution is -2.31. The van der Waals surface area contributed by atoms with Crippen molar-refractivity contribution in [1.29, 1.82) is 5.26 Å². The van der Waals surface area contributed by atoms with Gasteiger partial charge in [-0.2, -0.15) is 5.26 Å². The summed E-state index contributed by atoms with van der Waals surface area (Å²) < 4.78 is 5.24. The average molecular weight is 502 g/mol. The van der Waals surface area contributed by atoms with Crippen LogP contribution < -0.4 is 10.6 Å². The molecule has 1 aliphatic carbocycles. The van der Waals surface area contributed by atoms with Gasteiger partial charge in [0.1, 0.15) is 5.00 Å². The van der Waals surface area contributed by atoms with Gasteiger partial charge >= 0.3 is 5.97 Å². The summed E-state index contributed by atoms with van der Waals surface area (Å²) in [4.78, 5) is 39.7. The number of amides is 2. The van der Waals surface area contributed by atoms with Crippen LogP contribution in [0.4, 0.5) is 5.00 Å². The van der Waals surface area contributed by atoms with Gasteiger partial charge in [-0.25, -0.2) is 4.79 Å². The van der Waals surface area contributed by atoms with Crippen molar-refractivity contribution in [3.63, 3.8) is 0 Å². The van der Waals surface area contributed by atoms with E-state index in [1.807, 2.05) is 17.5 Å². The number of allylic oxidation sites excluding steroid dienone is 1. The lowest BCUT2D eigenvalue weighted by molar-refractivity contribution is -0.121. The molecule has 2 aromatic heterocycles. The second-order valence-electron chi connectivity index (χ2n) is 7.65. The number of nitrogens with one attached hydrogen (secondary N) is 2. The van der Waals surface area contributed by atoms with Crippen LogP contribution in [0.25, 0.3) is 0 Å². The van der Waals surface area contributed by atoms with Gasteiger partial charge in [0.2, 0.25) is 11.8 Å². The monoisotopic (exact) mass is 501 g/mol. The van der Waals surface area contributed by atoms with Crippen molar-refractivity contribution in [3.8, 4) is 6.07 Å². The fourth-order valence-corrected chi connectivity index (χ4v) is 7.05. The van der Waals surface area contributed by atoms with Crippen LogP contribution >= 0.6 is 34.4 Å². The van der Waals surface area contributed by atoms with Crippen LogP contribution in [0.15, 0.2) is 28.1 Å². The number of hydrogen-bond donors (Lipinski definition) is 2. The van der Waals surface area contributed by atoms with E-state index in [0.717, 1.165) is 52.8 Å². The number of esters is 1. The van der Waals surface area contributed by atoms with E-state index >= 15 is 0 Å². The van der Waals surface area contributed by atoms with E-state index in [-0.39, 0.29) is 36.5 Å². The largest absolute Gasteiger partial charge is 0.462 e. The molecular formula is C23H23N3O4S3. The highest BCUT2D eigenvalue weighted by Crippen LogP contribution is 2.40. The minimum absolute atomic E-state index is 0.00276. The van der Waals surface area contributed by atoms with Gasteiger partial charge in [0, 0.05) is 22.1 Å². The molecule has 33 heavy (non-hydrogen) atoms. The van der Waals surface area contributed by atoms with E-state index in [0.29, 0.717) is 21.2 Å². The zero-order valence-corrected chi connectivity index (χ0v) is 20.5. The summed E-state index contributed by atoms with van der Waals surface area (Å²) in [5.41, 5.74) is 1.92. The summed E-state index contributed by atoms with van der Waals surface area (Å²) in [5.74, 6) is -1.18. The number of carbonyl (C=O) groups excluding carboxylic acids is 3. The van der Waals surface area contributed by atoms with Gasteiger partial charge in [0.15, 0.2) is 0 Å². The summed E-state index contributed by atoms with van der Waals surface area (Å²) in [7, 11) is 0. The lowest BCUT2D eigenvalue weighted by atomic mass is 9.93. The highest BCUT2D eigenvalue weighted by atomic mass is 32.2. The predicted molar refractivity (Wildman–Crippen MR) is 130 cm³/mol. The smallest absolute Gasteiger partial charge is 0.341 e. The number of rotatable bonds is 7. The molecule has 2 aromatic rings. The van der Waals surface area contributed by atoms with Crippen molar-refractivity contribution in [3.05, 3.63) is 49.0 Å². The number of ether oxygens (including phenoxy) is 1. The van der Waals surface area contributed by atoms with Crippen molar-refractivity contribution in [2.75, 3.05) is 17.7 Å². The first kappa shape index (κ1) is 23.5. The summed E-state index contributed by atoms with van der Waals surface area (Å²) in [6, 6.07) is 6.02. The maximum atomic E-state index is 12.8. The second-order valence-corrected chi connectivity index (χ2v) is 10.7. The van der Waals surface area contributed by atoms with Gasteiger partial charge in [-0.3, -0.25) is 9.59 Å². The minimum Gasteiger partial charge on any atom is -0.462 e. The summed E-state index contributed by atoms with van der Waals surface area (Å²) in [5, 5.41) is 18.2. The van der Waals surface area contributed by atoms with E-state index in [1.54, 1.807) is 6.92 Å². The molecule has 0 aromatic carbocycles. The standard InChI is InChI=1S/C23H23N3O4S3/c1-2-30-23(29)20-13-6-3-4-7-17(13)33-22(20)26-19(28)12-32-21-15(11-24)14(10-18(27)25-21)16-8-5-9-31-16/h5,8-9,14H,2-4,6-7,10,12H2,1H3,(H,25,27)(H,26,28)/t14-/m0/s1. The molecule has 172 valence electrons. The van der Waals surface area contributed by atoms with Crippen molar-refractivity contribution in [1.82, 2.24) is 5.32 Å². The normalized spacial score (nSPS) is 17.7. The number of anilines is 1. The van der Waals surface area contributed by atoms with Crippen molar-refractivity contribution < 1.29 is 19.1 Å². The number of thiophene rings is 2. The summed E-state index contributed by atoms with van der Waals surface area (Å²) in [6.07, 6.45) is 3.98. The highest BCUT2D eigenvalue weighted by molar-refractivity contribution is 8.03. The highest BCUT2D eigenvalue weighted by Gasteiger charge is 2.31. The maximum Gasteiger partial charge on any atom is 0.341 e. The third-order valence-electron chi connectivity index (χ3n) is 5.49. The Kier molecular flexibility index (Phi) is 7.53. The number of carbonyl (C=O) groups is 3. The topological polar surface area (TPSA) is 108 Å². The Balaban J connectivity index is 1.50. The first-order valence-corrected chi connectivity index (χ1v) is 13.4. The number of hydrogen-bond acceptors (Lipinski definition) is 8. The van der Waals surface area contributed by atoms with Gasteiger partial charge in [-0.1, -0.05) is 17.8 Å². The van der Waals surface area contributed by atoms with E-state index in [4.69, 9.17) is 4.74 Å². The molecule has 1 atom stereocenters. The molecule has 0 fully saturated rings. The molecule has 2 amide bonds. The number of nitrogens with zero attached hydrogens (tertiary/aromatic N) is 1. The zero-order valence-electron chi connectivity index (χ0n) is 18.1. The molecular weight excluding hydrogens is 478 g/mol. The molecule has 0 saturated carbocycles. The van der Waals surface area contributed by atoms with E-state index in [2.05, 4.69) is 16.7 Å². The SMILES string of the molecule is CCOC(=O)c1c(NC(=O)CSC2=C(C#N)[C@@H](c3cccs3)CC(=O)N2)sc2c1CCCC2. The van der Waals surface area contributed by atoms with Crippen LogP contribution in [-0.2, 0) is 27.2 Å². The van der Waals surface area contributed by atoms with Gasteiger partial charge < -0.3 is 15.4 Å². The lowest BCUT2D eigenvalue weighted by Gasteiger charge is -2.23. The Morgan fingerprint density at radius 1 is 1.36 bits per heavy atom. The van der Waals surface area contributed by atoms with Crippen molar-refractivity contribution in [2.45, 2.75) is 44.9 Å². The number of thioether (sulfide) groups is 1. The van der Waals surface area contributed by atoms with Gasteiger partial charge in [0.25, 0.3) is 0 Å². The molecule has 0 saturated heterocycles. The average Bonchev–Trinajstić information content (AvgIpc) is 3.45. The van der Waals surface area contributed by atoms with Crippen LogP contribution in [0.5, 0.6) is 0 Å². The molecule has 3 heterocycles. The molecule has 4 rings (SSSR count). The summed E-state index contributed by atoms with van der Waals surface area (Å²) >= 11 is 4.07. The van der Waals surface area contributed by atoms with Crippen LogP contribution in [0.1, 0.15) is 57.8 Å². The van der Waals surface area contributed by atoms with Gasteiger partial charge in [-0.05, 0) is 49.6 Å². The molecule has 10 heteroatoms. The Labute approximate surface area is 204 Å². The molecule has 0 bridgehead atoms. The Bertz CT molecular complexity index is 1140. The van der Waals surface area contributed by atoms with Crippen molar-refractivity contribution >= 4 is 57.2 Å². The maximum absolute atomic E-state index is 12.8. The Hall–Kier alpha value is -2.61. The molecule has 0 radical (unpaired) electrons. The quantitative estimate of drug-likeness (QED) is 0.538. The number of nitriles is 1. The van der Waals surface area contributed by atoms with E-state index in [9.17, 15) is 19.6 Å². The van der Waals surface area contributed by atoms with Crippen LogP contribution in [0.2, 0.25) is 0 Å². The van der Waals surface area contributed by atoms with Crippen LogP contribution in [0.3, 0.4) is 0 Å². The fraction of sp³-hybridized carbons (Fsp3) is 0.391. The molecule has 2 N–H and O–H groups in total. The second kappa shape index (κ2) is 10.5. The third kappa shape index (κ3) is 5.16. The fourth-order valence-electron chi connectivity index (χ4n) is 4.04. The van der Waals surface area contributed by atoms with Gasteiger partial charge in [0.05, 0.1) is 34.6 Å². The van der Waals surface area contributed by atoms with Crippen LogP contribution in [-0.4, -0.2) is 30.1 Å². The van der Waals surface area contributed by atoms with E-state index < -0.39 is 5.97 Å². The molecule has 0 spiro atoms. The first-order valence-electron chi connectivity index (χ1n) is 10.7. The first-order chi connectivity index (χ1) is 16.0. The van der Waals surface area contributed by atoms with E-state index in [1.165, 1.54) is 22.7 Å². The molecule has 1 aliphatic heterocycles. The molecule has 0 unspecified atom stereocenters. The van der Waals surface area contributed by atoms with Crippen LogP contribution in [0, 0.1) is 11.3 Å². The summed E-state index contributed by atoms with van der Waals surface area (Å²) in [6.45, 7) is 2.02. The van der Waals surface area contributed by atoms with Gasteiger partial charge in [-0.15, -0.1) is 22.7 Å².